The van der Waals surface area contributed by atoms with Gasteiger partial charge in [-0.1, -0.05) is 6.92 Å². The van der Waals surface area contributed by atoms with Crippen LogP contribution in [0.1, 0.15) is 20.3 Å². The second kappa shape index (κ2) is 8.74. The van der Waals surface area contributed by atoms with Gasteiger partial charge in [0.05, 0.1) is 18.5 Å². The van der Waals surface area contributed by atoms with Crippen LogP contribution in [0.4, 0.5) is 0 Å². The number of hydrogen-bond donors (Lipinski definition) is 2. The summed E-state index contributed by atoms with van der Waals surface area (Å²) < 4.78 is 36.0. The summed E-state index contributed by atoms with van der Waals surface area (Å²) in [5, 5.41) is 19.2. The van der Waals surface area contributed by atoms with E-state index in [0.29, 0.717) is 19.5 Å². The molecular formula is C15H28N2O7S. The van der Waals surface area contributed by atoms with Gasteiger partial charge < -0.3 is 24.6 Å². The van der Waals surface area contributed by atoms with Gasteiger partial charge >= 0.3 is 0 Å². The quantitative estimate of drug-likeness (QED) is 0.558. The molecule has 0 saturated carbocycles. The lowest BCUT2D eigenvalue weighted by atomic mass is 9.98. The summed E-state index contributed by atoms with van der Waals surface area (Å²) in [6.07, 6.45) is -1.65. The van der Waals surface area contributed by atoms with Crippen molar-refractivity contribution in [3.05, 3.63) is 0 Å². The predicted octanol–water partition coefficient (Wildman–Crippen LogP) is -1.40. The fourth-order valence-corrected chi connectivity index (χ4v) is 4.27. The molecule has 2 saturated heterocycles. The van der Waals surface area contributed by atoms with E-state index in [1.807, 2.05) is 6.92 Å². The highest BCUT2D eigenvalue weighted by Crippen LogP contribution is 2.30. The van der Waals surface area contributed by atoms with Gasteiger partial charge in [-0.2, -0.15) is 4.31 Å². The number of sulfonamides is 1. The van der Waals surface area contributed by atoms with Crippen molar-refractivity contribution in [2.24, 2.45) is 5.92 Å². The molecule has 9 nitrogen and oxygen atoms in total. The number of piperazine rings is 1. The Morgan fingerprint density at radius 3 is 2.40 bits per heavy atom. The number of rotatable bonds is 7. The van der Waals surface area contributed by atoms with E-state index in [4.69, 9.17) is 9.47 Å². The summed E-state index contributed by atoms with van der Waals surface area (Å²) in [6, 6.07) is 0. The minimum atomic E-state index is -3.23. The van der Waals surface area contributed by atoms with Crippen LogP contribution in [0, 0.1) is 5.92 Å². The van der Waals surface area contributed by atoms with Gasteiger partial charge in [-0.25, -0.2) is 8.42 Å². The van der Waals surface area contributed by atoms with Crippen LogP contribution in [0.3, 0.4) is 0 Å². The number of amides is 1. The molecule has 10 heteroatoms. The molecule has 146 valence electrons. The maximum atomic E-state index is 12.3. The van der Waals surface area contributed by atoms with Crippen LogP contribution in [0.5, 0.6) is 0 Å². The van der Waals surface area contributed by atoms with E-state index in [2.05, 4.69) is 0 Å². The van der Waals surface area contributed by atoms with Crippen LogP contribution in [0.15, 0.2) is 0 Å². The Morgan fingerprint density at radius 1 is 1.24 bits per heavy atom. The summed E-state index contributed by atoms with van der Waals surface area (Å²) in [5.74, 6) is -0.485. The van der Waals surface area contributed by atoms with Gasteiger partial charge in [-0.3, -0.25) is 4.79 Å². The molecule has 0 aliphatic carbocycles. The van der Waals surface area contributed by atoms with Crippen LogP contribution in [0.2, 0.25) is 0 Å². The molecule has 0 bridgehead atoms. The van der Waals surface area contributed by atoms with E-state index >= 15 is 0 Å². The van der Waals surface area contributed by atoms with Crippen LogP contribution in [-0.4, -0.2) is 97.4 Å². The summed E-state index contributed by atoms with van der Waals surface area (Å²) >= 11 is 0. The summed E-state index contributed by atoms with van der Waals surface area (Å²) in [6.45, 7) is 4.18. The monoisotopic (exact) mass is 380 g/mol. The van der Waals surface area contributed by atoms with Gasteiger partial charge in [0.15, 0.2) is 6.29 Å². The molecule has 4 unspecified atom stereocenters. The van der Waals surface area contributed by atoms with Crippen LogP contribution >= 0.6 is 0 Å². The molecule has 0 aromatic carbocycles. The SMILES string of the molecule is CCC1C(OCC(=O)N2CCN(S(=O)(=O)CC)CC2)OC(CO)C1O. The summed E-state index contributed by atoms with van der Waals surface area (Å²) in [7, 11) is -3.23. The predicted molar refractivity (Wildman–Crippen MR) is 89.1 cm³/mol. The second-order valence-corrected chi connectivity index (χ2v) is 8.54. The van der Waals surface area contributed by atoms with E-state index in [9.17, 15) is 23.4 Å². The molecular weight excluding hydrogens is 352 g/mol. The zero-order valence-electron chi connectivity index (χ0n) is 14.7. The van der Waals surface area contributed by atoms with Crippen molar-refractivity contribution in [3.8, 4) is 0 Å². The van der Waals surface area contributed by atoms with Gasteiger partial charge in [0.25, 0.3) is 0 Å². The first kappa shape index (κ1) is 20.5. The normalized spacial score (nSPS) is 31.4. The molecule has 25 heavy (non-hydrogen) atoms. The fourth-order valence-electron chi connectivity index (χ4n) is 3.18. The lowest BCUT2D eigenvalue weighted by Crippen LogP contribution is -2.51. The van der Waals surface area contributed by atoms with E-state index in [1.54, 1.807) is 11.8 Å². The number of carbonyl (C=O) groups is 1. The number of nitrogens with zero attached hydrogens (tertiary/aromatic N) is 2. The molecule has 2 aliphatic heterocycles. The van der Waals surface area contributed by atoms with Crippen molar-refractivity contribution in [2.45, 2.75) is 38.8 Å². The van der Waals surface area contributed by atoms with Crippen molar-refractivity contribution in [1.29, 1.82) is 0 Å². The molecule has 2 N–H and O–H groups in total. The average molecular weight is 380 g/mol. The van der Waals surface area contributed by atoms with E-state index < -0.39 is 28.5 Å². The molecule has 2 fully saturated rings. The molecule has 0 radical (unpaired) electrons. The maximum absolute atomic E-state index is 12.3. The highest BCUT2D eigenvalue weighted by Gasteiger charge is 2.43. The smallest absolute Gasteiger partial charge is 0.248 e. The highest BCUT2D eigenvalue weighted by molar-refractivity contribution is 7.89. The zero-order valence-corrected chi connectivity index (χ0v) is 15.5. The molecule has 0 spiro atoms. The Hall–Kier alpha value is -0.780. The van der Waals surface area contributed by atoms with Crippen molar-refractivity contribution in [3.63, 3.8) is 0 Å². The minimum absolute atomic E-state index is 0.0514. The van der Waals surface area contributed by atoms with Gasteiger partial charge in [-0.05, 0) is 13.3 Å². The largest absolute Gasteiger partial charge is 0.394 e. The third-order valence-corrected chi connectivity index (χ3v) is 6.73. The summed E-state index contributed by atoms with van der Waals surface area (Å²) in [4.78, 5) is 13.8. The summed E-state index contributed by atoms with van der Waals surface area (Å²) in [5.41, 5.74) is 0. The van der Waals surface area contributed by atoms with Gasteiger partial charge in [0.1, 0.15) is 12.7 Å². The van der Waals surface area contributed by atoms with Crippen molar-refractivity contribution in [2.75, 3.05) is 45.1 Å². The Bertz CT molecular complexity index is 548. The average Bonchev–Trinajstić information content (AvgIpc) is 2.94. The van der Waals surface area contributed by atoms with Crippen LogP contribution in [-0.2, 0) is 24.3 Å². The minimum Gasteiger partial charge on any atom is -0.394 e. The Labute approximate surface area is 148 Å². The first-order valence-electron chi connectivity index (χ1n) is 8.65. The molecule has 2 rings (SSSR count). The van der Waals surface area contributed by atoms with Gasteiger partial charge in [0, 0.05) is 32.1 Å². The fraction of sp³-hybridized carbons (Fsp3) is 0.933. The standard InChI is InChI=1S/C15H28N2O7S/c1-3-11-14(20)12(9-18)24-15(11)23-10-13(19)16-5-7-17(8-6-16)25(21,22)4-2/h11-12,14-15,18,20H,3-10H2,1-2H3. The third kappa shape index (κ3) is 4.69. The lowest BCUT2D eigenvalue weighted by Gasteiger charge is -2.34. The second-order valence-electron chi connectivity index (χ2n) is 6.28. The topological polar surface area (TPSA) is 117 Å². The van der Waals surface area contributed by atoms with Gasteiger partial charge in [-0.15, -0.1) is 0 Å². The van der Waals surface area contributed by atoms with Crippen molar-refractivity contribution < 1.29 is 32.9 Å². The van der Waals surface area contributed by atoms with Crippen molar-refractivity contribution in [1.82, 2.24) is 9.21 Å². The number of ether oxygens (including phenoxy) is 2. The first-order valence-corrected chi connectivity index (χ1v) is 10.3. The highest BCUT2D eigenvalue weighted by atomic mass is 32.2. The zero-order chi connectivity index (χ0) is 18.6. The Kier molecular flexibility index (Phi) is 7.18. The van der Waals surface area contributed by atoms with E-state index in [-0.39, 0.29) is 43.9 Å². The number of aliphatic hydroxyl groups is 2. The molecule has 1 amide bonds. The van der Waals surface area contributed by atoms with E-state index in [0.717, 1.165) is 0 Å². The molecule has 0 aromatic rings. The maximum Gasteiger partial charge on any atom is 0.248 e. The number of aliphatic hydroxyl groups excluding tert-OH is 2. The van der Waals surface area contributed by atoms with Crippen LogP contribution < -0.4 is 0 Å². The third-order valence-electron chi connectivity index (χ3n) is 4.85. The molecule has 4 atom stereocenters. The number of carbonyl (C=O) groups excluding carboxylic acids is 1. The van der Waals surface area contributed by atoms with E-state index in [1.165, 1.54) is 4.31 Å². The first-order chi connectivity index (χ1) is 11.8. The molecule has 2 heterocycles. The Morgan fingerprint density at radius 2 is 1.88 bits per heavy atom. The molecule has 0 aromatic heterocycles. The Balaban J connectivity index is 1.81. The van der Waals surface area contributed by atoms with Crippen molar-refractivity contribution >= 4 is 15.9 Å². The van der Waals surface area contributed by atoms with Gasteiger partial charge in [0.2, 0.25) is 15.9 Å². The lowest BCUT2D eigenvalue weighted by molar-refractivity contribution is -0.171. The number of hydrogen-bond acceptors (Lipinski definition) is 7. The van der Waals surface area contributed by atoms with Crippen LogP contribution in [0.25, 0.3) is 0 Å². The molecule has 2 aliphatic rings.